The van der Waals surface area contributed by atoms with E-state index in [9.17, 15) is 0 Å². The fourth-order valence-corrected chi connectivity index (χ4v) is 2.66. The van der Waals surface area contributed by atoms with Gasteiger partial charge in [-0.15, -0.1) is 0 Å². The number of hydrogen-bond acceptors (Lipinski definition) is 3. The van der Waals surface area contributed by atoms with E-state index in [0.29, 0.717) is 6.04 Å². The summed E-state index contributed by atoms with van der Waals surface area (Å²) in [7, 11) is 4.23. The van der Waals surface area contributed by atoms with Gasteiger partial charge in [0.1, 0.15) is 0 Å². The van der Waals surface area contributed by atoms with E-state index in [1.54, 1.807) is 0 Å². The van der Waals surface area contributed by atoms with Gasteiger partial charge in [-0.25, -0.2) is 0 Å². The Balaban J connectivity index is 2.73. The van der Waals surface area contributed by atoms with Crippen LogP contribution in [0.1, 0.15) is 19.4 Å². The first-order valence-electron chi connectivity index (χ1n) is 6.36. The monoisotopic (exact) mass is 313 g/mol. The zero-order chi connectivity index (χ0) is 13.7. The maximum absolute atomic E-state index is 5.77. The number of nitrogen functional groups attached to an aromatic ring is 1. The number of likely N-dealkylation sites (N-methyl/N-ethyl adjacent to an activating group) is 2. The van der Waals surface area contributed by atoms with Gasteiger partial charge in [-0.05, 0) is 45.3 Å². The van der Waals surface area contributed by atoms with Crippen LogP contribution in [-0.2, 0) is 6.54 Å². The molecule has 0 aliphatic heterocycles. The van der Waals surface area contributed by atoms with Gasteiger partial charge in [0.2, 0.25) is 0 Å². The first-order chi connectivity index (χ1) is 8.43. The van der Waals surface area contributed by atoms with Gasteiger partial charge in [0.15, 0.2) is 0 Å². The topological polar surface area (TPSA) is 32.5 Å². The van der Waals surface area contributed by atoms with Crippen LogP contribution in [0, 0.1) is 0 Å². The second-order valence-electron chi connectivity index (χ2n) is 5.03. The third kappa shape index (κ3) is 4.59. The van der Waals surface area contributed by atoms with E-state index in [-0.39, 0.29) is 0 Å². The minimum atomic E-state index is 0.537. The summed E-state index contributed by atoms with van der Waals surface area (Å²) in [6.07, 6.45) is 0. The molecule has 0 radical (unpaired) electrons. The summed E-state index contributed by atoms with van der Waals surface area (Å²) >= 11 is 3.59. The van der Waals surface area contributed by atoms with Crippen LogP contribution in [0.3, 0.4) is 0 Å². The van der Waals surface area contributed by atoms with E-state index >= 15 is 0 Å². The average Bonchev–Trinajstić information content (AvgIpc) is 2.27. The van der Waals surface area contributed by atoms with Crippen LogP contribution < -0.4 is 5.73 Å². The highest BCUT2D eigenvalue weighted by molar-refractivity contribution is 9.10. The van der Waals surface area contributed by atoms with Gasteiger partial charge in [0, 0.05) is 29.3 Å². The van der Waals surface area contributed by atoms with Crippen molar-refractivity contribution in [1.82, 2.24) is 9.80 Å². The third-order valence-electron chi connectivity index (χ3n) is 3.11. The highest BCUT2D eigenvalue weighted by Gasteiger charge is 2.14. The molecule has 3 nitrogen and oxygen atoms in total. The SMILES string of the molecule is CCN(Cc1ccc(N)cc1Br)C(C)CN(C)C. The van der Waals surface area contributed by atoms with Crippen LogP contribution in [0.15, 0.2) is 22.7 Å². The number of halogens is 1. The molecule has 1 rings (SSSR count). The molecule has 18 heavy (non-hydrogen) atoms. The number of nitrogens with zero attached hydrogens (tertiary/aromatic N) is 2. The smallest absolute Gasteiger partial charge is 0.0325 e. The molecular weight excluding hydrogens is 290 g/mol. The first-order valence-corrected chi connectivity index (χ1v) is 7.16. The fraction of sp³-hybridized carbons (Fsp3) is 0.571. The van der Waals surface area contributed by atoms with Gasteiger partial charge in [0.05, 0.1) is 0 Å². The van der Waals surface area contributed by atoms with Crippen molar-refractivity contribution in [3.8, 4) is 0 Å². The second kappa shape index (κ2) is 7.12. The highest BCUT2D eigenvalue weighted by Crippen LogP contribution is 2.22. The zero-order valence-corrected chi connectivity index (χ0v) is 13.4. The van der Waals surface area contributed by atoms with Crippen molar-refractivity contribution >= 4 is 21.6 Å². The number of hydrogen-bond donors (Lipinski definition) is 1. The molecule has 0 aliphatic rings. The van der Waals surface area contributed by atoms with E-state index < -0.39 is 0 Å². The Bertz CT molecular complexity index is 379. The van der Waals surface area contributed by atoms with Crippen LogP contribution in [0.2, 0.25) is 0 Å². The normalized spacial score (nSPS) is 13.3. The van der Waals surface area contributed by atoms with Gasteiger partial charge < -0.3 is 10.6 Å². The molecule has 0 aromatic heterocycles. The molecule has 0 saturated heterocycles. The second-order valence-corrected chi connectivity index (χ2v) is 5.88. The minimum Gasteiger partial charge on any atom is -0.399 e. The molecule has 2 N–H and O–H groups in total. The van der Waals surface area contributed by atoms with Crippen molar-refractivity contribution in [2.75, 3.05) is 32.9 Å². The van der Waals surface area contributed by atoms with E-state index in [1.807, 2.05) is 12.1 Å². The lowest BCUT2D eigenvalue weighted by molar-refractivity contribution is 0.174. The minimum absolute atomic E-state index is 0.537. The summed E-state index contributed by atoms with van der Waals surface area (Å²) in [5.41, 5.74) is 7.86. The van der Waals surface area contributed by atoms with Crippen molar-refractivity contribution in [2.45, 2.75) is 26.4 Å². The van der Waals surface area contributed by atoms with E-state index in [2.05, 4.69) is 59.7 Å². The summed E-state index contributed by atoms with van der Waals surface area (Å²) in [6, 6.07) is 6.57. The van der Waals surface area contributed by atoms with Crippen molar-refractivity contribution < 1.29 is 0 Å². The third-order valence-corrected chi connectivity index (χ3v) is 3.85. The standard InChI is InChI=1S/C14H24BrN3/c1-5-18(11(2)9-17(3)4)10-12-6-7-13(16)8-14(12)15/h6-8,11H,5,9-10,16H2,1-4H3. The summed E-state index contributed by atoms with van der Waals surface area (Å²) in [5.74, 6) is 0. The van der Waals surface area contributed by atoms with Crippen LogP contribution in [0.5, 0.6) is 0 Å². The predicted molar refractivity (Wildman–Crippen MR) is 82.7 cm³/mol. The van der Waals surface area contributed by atoms with Crippen LogP contribution in [-0.4, -0.2) is 43.0 Å². The van der Waals surface area contributed by atoms with Gasteiger partial charge in [-0.2, -0.15) is 0 Å². The number of rotatable bonds is 6. The molecule has 0 saturated carbocycles. The van der Waals surface area contributed by atoms with Gasteiger partial charge in [0.25, 0.3) is 0 Å². The van der Waals surface area contributed by atoms with E-state index in [1.165, 1.54) is 5.56 Å². The molecule has 102 valence electrons. The Labute approximate surface area is 119 Å². The summed E-state index contributed by atoms with van der Waals surface area (Å²) in [4.78, 5) is 4.70. The molecule has 4 heteroatoms. The van der Waals surface area contributed by atoms with E-state index in [4.69, 9.17) is 5.73 Å². The molecule has 0 bridgehead atoms. The van der Waals surface area contributed by atoms with Gasteiger partial charge >= 0.3 is 0 Å². The Morgan fingerprint density at radius 3 is 2.50 bits per heavy atom. The number of benzene rings is 1. The molecular formula is C14H24BrN3. The molecule has 0 heterocycles. The number of anilines is 1. The molecule has 1 aromatic rings. The molecule has 1 aromatic carbocycles. The van der Waals surface area contributed by atoms with Gasteiger partial charge in [-0.1, -0.05) is 28.9 Å². The summed E-state index contributed by atoms with van der Waals surface area (Å²) in [5, 5.41) is 0. The first kappa shape index (κ1) is 15.5. The lowest BCUT2D eigenvalue weighted by Gasteiger charge is -2.30. The lowest BCUT2D eigenvalue weighted by Crippen LogP contribution is -2.39. The Kier molecular flexibility index (Phi) is 6.12. The van der Waals surface area contributed by atoms with Crippen LogP contribution in [0.4, 0.5) is 5.69 Å². The maximum Gasteiger partial charge on any atom is 0.0325 e. The molecule has 0 spiro atoms. The Morgan fingerprint density at radius 1 is 1.33 bits per heavy atom. The van der Waals surface area contributed by atoms with E-state index in [0.717, 1.165) is 29.8 Å². The summed E-state index contributed by atoms with van der Waals surface area (Å²) in [6.45, 7) is 7.55. The molecule has 0 amide bonds. The van der Waals surface area contributed by atoms with Crippen molar-refractivity contribution in [2.24, 2.45) is 0 Å². The zero-order valence-electron chi connectivity index (χ0n) is 11.8. The fourth-order valence-electron chi connectivity index (χ4n) is 2.13. The molecule has 1 unspecified atom stereocenters. The summed E-state index contributed by atoms with van der Waals surface area (Å²) < 4.78 is 1.10. The van der Waals surface area contributed by atoms with Crippen LogP contribution in [0.25, 0.3) is 0 Å². The van der Waals surface area contributed by atoms with Crippen molar-refractivity contribution in [1.29, 1.82) is 0 Å². The highest BCUT2D eigenvalue weighted by atomic mass is 79.9. The molecule has 1 atom stereocenters. The quantitative estimate of drug-likeness (QED) is 0.820. The predicted octanol–water partition coefficient (Wildman–Crippen LogP) is 2.80. The van der Waals surface area contributed by atoms with Crippen molar-refractivity contribution in [3.63, 3.8) is 0 Å². The van der Waals surface area contributed by atoms with Crippen molar-refractivity contribution in [3.05, 3.63) is 28.2 Å². The Morgan fingerprint density at radius 2 is 2.00 bits per heavy atom. The lowest BCUT2D eigenvalue weighted by atomic mass is 10.1. The molecule has 0 aliphatic carbocycles. The molecule has 0 fully saturated rings. The average molecular weight is 314 g/mol. The number of nitrogens with two attached hydrogens (primary N) is 1. The van der Waals surface area contributed by atoms with Gasteiger partial charge in [-0.3, -0.25) is 4.90 Å². The van der Waals surface area contributed by atoms with Crippen LogP contribution >= 0.6 is 15.9 Å². The Hall–Kier alpha value is -0.580. The maximum atomic E-state index is 5.77. The largest absolute Gasteiger partial charge is 0.399 e.